The lowest BCUT2D eigenvalue weighted by Gasteiger charge is -2.27. The first-order chi connectivity index (χ1) is 22.5. The molecule has 1 aliphatic carbocycles. The Labute approximate surface area is 267 Å². The van der Waals surface area contributed by atoms with E-state index in [1.54, 1.807) is 33.4 Å². The van der Waals surface area contributed by atoms with Gasteiger partial charge in [-0.15, -0.1) is 0 Å². The Kier molecular flexibility index (Phi) is 7.69. The van der Waals surface area contributed by atoms with Crippen LogP contribution in [0, 0.1) is 0 Å². The third-order valence-electron chi connectivity index (χ3n) is 8.92. The summed E-state index contributed by atoms with van der Waals surface area (Å²) < 4.78 is 62.8. The van der Waals surface area contributed by atoms with E-state index in [9.17, 15) is 22.8 Å². The molecule has 0 atom stereocenters. The number of morpholine rings is 1. The third kappa shape index (κ3) is 5.49. The summed E-state index contributed by atoms with van der Waals surface area (Å²) in [5, 5.41) is 0.676. The molecule has 0 bridgehead atoms. The topological polar surface area (TPSA) is 110 Å². The van der Waals surface area contributed by atoms with Crippen LogP contribution in [0.3, 0.4) is 0 Å². The van der Waals surface area contributed by atoms with Crippen LogP contribution in [-0.2, 0) is 10.9 Å². The van der Waals surface area contributed by atoms with Crippen molar-refractivity contribution in [3.05, 3.63) is 64.3 Å². The quantitative estimate of drug-likeness (QED) is 0.211. The van der Waals surface area contributed by atoms with Crippen molar-refractivity contribution in [1.29, 1.82) is 0 Å². The van der Waals surface area contributed by atoms with Gasteiger partial charge in [0.25, 0.3) is 5.91 Å². The average Bonchev–Trinajstić information content (AvgIpc) is 3.82. The molecule has 5 heterocycles. The van der Waals surface area contributed by atoms with Crippen molar-refractivity contribution >= 4 is 45.6 Å². The molecule has 1 saturated heterocycles. The fourth-order valence-electron chi connectivity index (χ4n) is 6.47. The third-order valence-corrected chi connectivity index (χ3v) is 8.92. The number of hydrogen-bond donors (Lipinski definition) is 0. The SMILES string of the molecule is CN(C)C(=O)c1cc2cnc(N(C)c3ccc(-c4coc5c(=O)cc(N6CCOCC6)oc45)c(C(F)(F)F)c3)nc2n1C1CCCC1. The van der Waals surface area contributed by atoms with E-state index >= 15 is 0 Å². The molecule has 2 aliphatic rings. The summed E-state index contributed by atoms with van der Waals surface area (Å²) in [6, 6.07) is 7.01. The predicted octanol–water partition coefficient (Wildman–Crippen LogP) is 6.24. The fourth-order valence-corrected chi connectivity index (χ4v) is 6.47. The lowest BCUT2D eigenvalue weighted by molar-refractivity contribution is -0.137. The summed E-state index contributed by atoms with van der Waals surface area (Å²) >= 11 is 0. The number of furan rings is 1. The van der Waals surface area contributed by atoms with Gasteiger partial charge in [-0.3, -0.25) is 9.59 Å². The molecular weight excluding hydrogens is 617 g/mol. The summed E-state index contributed by atoms with van der Waals surface area (Å²) in [7, 11) is 4.97. The molecule has 1 aliphatic heterocycles. The number of benzene rings is 1. The molecule has 246 valence electrons. The number of nitrogens with zero attached hydrogens (tertiary/aromatic N) is 6. The van der Waals surface area contributed by atoms with E-state index in [-0.39, 0.29) is 51.8 Å². The van der Waals surface area contributed by atoms with Crippen molar-refractivity contribution in [2.24, 2.45) is 0 Å². The highest BCUT2D eigenvalue weighted by molar-refractivity contribution is 5.98. The number of anilines is 3. The van der Waals surface area contributed by atoms with Gasteiger partial charge in [-0.05, 0) is 31.0 Å². The highest BCUT2D eigenvalue weighted by atomic mass is 19.4. The molecule has 1 amide bonds. The Morgan fingerprint density at radius 2 is 1.74 bits per heavy atom. The van der Waals surface area contributed by atoms with Gasteiger partial charge in [-0.25, -0.2) is 4.98 Å². The number of carbonyl (C=O) groups is 1. The molecule has 47 heavy (non-hydrogen) atoms. The molecule has 1 aromatic carbocycles. The fraction of sp³-hybridized carbons (Fsp3) is 0.394. The summed E-state index contributed by atoms with van der Waals surface area (Å²) in [5.41, 5.74) is -0.596. The maximum Gasteiger partial charge on any atom is 0.417 e. The minimum Gasteiger partial charge on any atom is -0.456 e. The summed E-state index contributed by atoms with van der Waals surface area (Å²) in [6.45, 7) is 1.82. The molecule has 2 fully saturated rings. The standard InChI is InChI=1S/C33H33F3N6O5/c1-39(2)31(44)25-14-19-17-37-32(38-30(19)42(25)20-6-4-5-7-20)40(3)21-8-9-22(24(15-21)33(34,35)36)23-18-46-29-26(43)16-27(47-28(23)29)41-10-12-45-13-11-41/h8-9,14-18,20H,4-7,10-13H2,1-3H3. The second kappa shape index (κ2) is 11.7. The molecule has 5 aromatic rings. The zero-order chi connectivity index (χ0) is 33.0. The van der Waals surface area contributed by atoms with Crippen molar-refractivity contribution in [2.45, 2.75) is 37.9 Å². The molecular formula is C33H33F3N6O5. The van der Waals surface area contributed by atoms with Crippen molar-refractivity contribution in [2.75, 3.05) is 57.2 Å². The van der Waals surface area contributed by atoms with Crippen LogP contribution in [0.15, 0.2) is 56.4 Å². The van der Waals surface area contributed by atoms with Crippen LogP contribution >= 0.6 is 0 Å². The van der Waals surface area contributed by atoms with Crippen molar-refractivity contribution in [1.82, 2.24) is 19.4 Å². The van der Waals surface area contributed by atoms with E-state index in [4.69, 9.17) is 18.6 Å². The number of rotatable bonds is 6. The van der Waals surface area contributed by atoms with Crippen LogP contribution in [0.2, 0.25) is 0 Å². The number of amides is 1. The number of alkyl halides is 3. The average molecular weight is 651 g/mol. The van der Waals surface area contributed by atoms with Crippen LogP contribution in [0.5, 0.6) is 0 Å². The maximum atomic E-state index is 14.7. The Hall–Kier alpha value is -4.85. The predicted molar refractivity (Wildman–Crippen MR) is 169 cm³/mol. The first-order valence-electron chi connectivity index (χ1n) is 15.4. The van der Waals surface area contributed by atoms with E-state index in [1.165, 1.54) is 28.0 Å². The van der Waals surface area contributed by atoms with Crippen molar-refractivity contribution in [3.63, 3.8) is 0 Å². The lowest BCUT2D eigenvalue weighted by Crippen LogP contribution is -2.36. The number of carbonyl (C=O) groups excluding carboxylic acids is 1. The zero-order valence-electron chi connectivity index (χ0n) is 26.1. The minimum absolute atomic E-state index is 0.0129. The maximum absolute atomic E-state index is 14.7. The zero-order valence-corrected chi connectivity index (χ0v) is 26.1. The molecule has 0 spiro atoms. The Bertz CT molecular complexity index is 2040. The molecule has 1 saturated carbocycles. The molecule has 0 N–H and O–H groups in total. The summed E-state index contributed by atoms with van der Waals surface area (Å²) in [4.78, 5) is 40.0. The molecule has 7 rings (SSSR count). The highest BCUT2D eigenvalue weighted by Crippen LogP contribution is 2.43. The van der Waals surface area contributed by atoms with E-state index in [0.29, 0.717) is 43.0 Å². The van der Waals surface area contributed by atoms with E-state index in [1.807, 2.05) is 9.47 Å². The smallest absolute Gasteiger partial charge is 0.417 e. The van der Waals surface area contributed by atoms with Gasteiger partial charge in [-0.2, -0.15) is 18.2 Å². The summed E-state index contributed by atoms with van der Waals surface area (Å²) in [6.07, 6.45) is 1.83. The van der Waals surface area contributed by atoms with Gasteiger partial charge >= 0.3 is 6.18 Å². The van der Waals surface area contributed by atoms with Gasteiger partial charge in [0.2, 0.25) is 17.0 Å². The Morgan fingerprint density at radius 3 is 2.45 bits per heavy atom. The van der Waals surface area contributed by atoms with Crippen LogP contribution < -0.4 is 15.2 Å². The van der Waals surface area contributed by atoms with Gasteiger partial charge in [0.15, 0.2) is 11.5 Å². The number of ether oxygens (including phenoxy) is 1. The van der Waals surface area contributed by atoms with Crippen LogP contribution in [0.1, 0.15) is 47.8 Å². The first-order valence-corrected chi connectivity index (χ1v) is 15.4. The second-order valence-electron chi connectivity index (χ2n) is 12.1. The number of halogens is 3. The van der Waals surface area contributed by atoms with Gasteiger partial charge in [0, 0.05) is 63.1 Å². The van der Waals surface area contributed by atoms with Crippen LogP contribution in [-0.4, -0.2) is 72.8 Å². The van der Waals surface area contributed by atoms with E-state index in [2.05, 4.69) is 4.98 Å². The Balaban J connectivity index is 1.30. The lowest BCUT2D eigenvalue weighted by atomic mass is 10.00. The van der Waals surface area contributed by atoms with Crippen LogP contribution in [0.25, 0.3) is 33.3 Å². The second-order valence-corrected chi connectivity index (χ2v) is 12.1. The molecule has 4 aromatic heterocycles. The molecule has 0 radical (unpaired) electrons. The Morgan fingerprint density at radius 1 is 1.00 bits per heavy atom. The van der Waals surface area contributed by atoms with Gasteiger partial charge in [0.05, 0.1) is 30.4 Å². The molecule has 0 unspecified atom stereocenters. The van der Waals surface area contributed by atoms with E-state index < -0.39 is 17.2 Å². The monoisotopic (exact) mass is 650 g/mol. The molecule has 14 heteroatoms. The largest absolute Gasteiger partial charge is 0.456 e. The minimum atomic E-state index is -4.76. The number of fused-ring (bicyclic) bond motifs is 2. The molecule has 11 nitrogen and oxygen atoms in total. The van der Waals surface area contributed by atoms with Crippen LogP contribution in [0.4, 0.5) is 30.7 Å². The number of aromatic nitrogens is 3. The number of hydrogen-bond acceptors (Lipinski definition) is 9. The summed E-state index contributed by atoms with van der Waals surface area (Å²) in [5.74, 6) is 0.257. The van der Waals surface area contributed by atoms with Crippen molar-refractivity contribution < 1.29 is 31.5 Å². The van der Waals surface area contributed by atoms with Gasteiger partial charge in [0.1, 0.15) is 17.6 Å². The van der Waals surface area contributed by atoms with Gasteiger partial charge in [-0.1, -0.05) is 18.9 Å². The van der Waals surface area contributed by atoms with Crippen molar-refractivity contribution in [3.8, 4) is 11.1 Å². The van der Waals surface area contributed by atoms with E-state index in [0.717, 1.165) is 38.0 Å². The highest BCUT2D eigenvalue weighted by Gasteiger charge is 2.36. The normalized spacial score (nSPS) is 16.0. The first kappa shape index (κ1) is 30.8. The van der Waals surface area contributed by atoms with Gasteiger partial charge < -0.3 is 32.8 Å².